The monoisotopic (exact) mass is 501 g/mol. The summed E-state index contributed by atoms with van der Waals surface area (Å²) >= 11 is 0. The second-order valence-corrected chi connectivity index (χ2v) is 6.87. The van der Waals surface area contributed by atoms with Gasteiger partial charge in [-0.1, -0.05) is 0 Å². The van der Waals surface area contributed by atoms with Gasteiger partial charge in [-0.25, -0.2) is 9.18 Å². The molecule has 0 saturated carbocycles. The van der Waals surface area contributed by atoms with Gasteiger partial charge in [-0.3, -0.25) is 9.36 Å². The van der Waals surface area contributed by atoms with Crippen LogP contribution in [0.5, 0.6) is 11.8 Å². The van der Waals surface area contributed by atoms with Crippen LogP contribution in [0.3, 0.4) is 0 Å². The third-order valence-corrected chi connectivity index (χ3v) is 4.64. The zero-order valence-corrected chi connectivity index (χ0v) is 18.5. The number of rotatable bonds is 8. The number of aromatic nitrogens is 6. The molecule has 0 bridgehead atoms. The number of nitrogens with one attached hydrogen (secondary N) is 1. The molecule has 35 heavy (non-hydrogen) atoms. The highest BCUT2D eigenvalue weighted by Crippen LogP contribution is 2.29. The Labute approximate surface area is 194 Å². The molecular weight excluding hydrogens is 482 g/mol. The Hall–Kier alpha value is -4.08. The number of hydrogen-bond acceptors (Lipinski definition) is 9. The first-order valence-electron chi connectivity index (χ1n) is 9.92. The van der Waals surface area contributed by atoms with Crippen molar-refractivity contribution >= 4 is 11.6 Å². The van der Waals surface area contributed by atoms with Crippen LogP contribution in [0.2, 0.25) is 0 Å². The zero-order valence-electron chi connectivity index (χ0n) is 18.5. The minimum absolute atomic E-state index is 0.0164. The zero-order chi connectivity index (χ0) is 25.9. The van der Waals surface area contributed by atoms with Gasteiger partial charge in [-0.05, 0) is 26.0 Å². The number of pyridine rings is 1. The maximum absolute atomic E-state index is 15.0. The lowest BCUT2D eigenvalue weighted by Gasteiger charge is -2.19. The SMILES string of the molecule is CCn1c(CO)nn(-c2nc(OC(C)C(F)(F)F)c(C(=O)Nc3ccnnc3OC)cc2F)c1=O. The number of alkyl halides is 3. The van der Waals surface area contributed by atoms with Crippen LogP contribution in [0.15, 0.2) is 23.1 Å². The predicted octanol–water partition coefficient (Wildman–Crippen LogP) is 1.46. The van der Waals surface area contributed by atoms with Crippen molar-refractivity contribution in [1.82, 2.24) is 29.5 Å². The quantitative estimate of drug-likeness (QED) is 0.438. The molecule has 0 spiro atoms. The normalized spacial score (nSPS) is 12.3. The molecule has 12 nitrogen and oxygen atoms in total. The van der Waals surface area contributed by atoms with Crippen molar-refractivity contribution in [3.8, 4) is 17.6 Å². The molecule has 0 radical (unpaired) electrons. The molecule has 188 valence electrons. The van der Waals surface area contributed by atoms with Crippen LogP contribution in [-0.2, 0) is 13.2 Å². The van der Waals surface area contributed by atoms with Gasteiger partial charge in [0.05, 0.1) is 13.3 Å². The van der Waals surface area contributed by atoms with Crippen molar-refractivity contribution in [3.05, 3.63) is 46.0 Å². The Kier molecular flexibility index (Phi) is 7.33. The number of aliphatic hydroxyl groups is 1. The Balaban J connectivity index is 2.14. The maximum Gasteiger partial charge on any atom is 0.425 e. The van der Waals surface area contributed by atoms with Crippen LogP contribution in [0.4, 0.5) is 23.2 Å². The van der Waals surface area contributed by atoms with Crippen LogP contribution in [0.1, 0.15) is 30.0 Å². The molecule has 3 aromatic heterocycles. The molecule has 0 fully saturated rings. The number of aliphatic hydroxyl groups excluding tert-OH is 1. The largest absolute Gasteiger partial charge is 0.478 e. The second-order valence-electron chi connectivity index (χ2n) is 6.87. The molecule has 16 heteroatoms. The van der Waals surface area contributed by atoms with Gasteiger partial charge in [-0.2, -0.15) is 27.9 Å². The number of nitrogens with zero attached hydrogens (tertiary/aromatic N) is 6. The molecule has 3 aromatic rings. The maximum atomic E-state index is 15.0. The highest BCUT2D eigenvalue weighted by atomic mass is 19.4. The lowest BCUT2D eigenvalue weighted by atomic mass is 10.2. The summed E-state index contributed by atoms with van der Waals surface area (Å²) in [5.41, 5.74) is -1.65. The van der Waals surface area contributed by atoms with Crippen LogP contribution in [0.25, 0.3) is 5.82 Å². The average molecular weight is 501 g/mol. The molecule has 0 aliphatic heterocycles. The molecule has 2 N–H and O–H groups in total. The van der Waals surface area contributed by atoms with Crippen LogP contribution >= 0.6 is 0 Å². The summed E-state index contributed by atoms with van der Waals surface area (Å²) in [4.78, 5) is 29.1. The molecule has 1 amide bonds. The molecule has 0 aromatic carbocycles. The van der Waals surface area contributed by atoms with E-state index in [-0.39, 0.29) is 23.9 Å². The smallest absolute Gasteiger partial charge is 0.425 e. The Morgan fingerprint density at radius 2 is 2.03 bits per heavy atom. The van der Waals surface area contributed by atoms with Gasteiger partial charge in [-0.15, -0.1) is 10.2 Å². The van der Waals surface area contributed by atoms with E-state index < -0.39 is 53.6 Å². The van der Waals surface area contributed by atoms with E-state index in [9.17, 15) is 27.9 Å². The highest BCUT2D eigenvalue weighted by molar-refractivity contribution is 6.06. The first kappa shape index (κ1) is 25.5. The van der Waals surface area contributed by atoms with Crippen molar-refractivity contribution in [2.45, 2.75) is 39.3 Å². The fraction of sp³-hybridized carbons (Fsp3) is 0.368. The van der Waals surface area contributed by atoms with Crippen molar-refractivity contribution in [3.63, 3.8) is 0 Å². The van der Waals surface area contributed by atoms with Crippen LogP contribution < -0.4 is 20.5 Å². The average Bonchev–Trinajstić information content (AvgIpc) is 3.14. The Morgan fingerprint density at radius 3 is 2.60 bits per heavy atom. The third-order valence-electron chi connectivity index (χ3n) is 4.64. The van der Waals surface area contributed by atoms with E-state index in [0.717, 1.165) is 4.57 Å². The Bertz CT molecular complexity index is 1290. The van der Waals surface area contributed by atoms with E-state index in [1.807, 2.05) is 0 Å². The minimum atomic E-state index is -4.85. The number of carbonyl (C=O) groups excluding carboxylic acids is 1. The summed E-state index contributed by atoms with van der Waals surface area (Å²) in [6, 6.07) is 1.83. The molecule has 1 unspecified atom stereocenters. The van der Waals surface area contributed by atoms with Gasteiger partial charge < -0.3 is 19.9 Å². The van der Waals surface area contributed by atoms with Crippen molar-refractivity contribution < 1.29 is 36.9 Å². The van der Waals surface area contributed by atoms with E-state index in [1.165, 1.54) is 19.4 Å². The van der Waals surface area contributed by atoms with Gasteiger partial charge in [0.25, 0.3) is 11.8 Å². The molecule has 0 aliphatic carbocycles. The van der Waals surface area contributed by atoms with Gasteiger partial charge >= 0.3 is 11.9 Å². The van der Waals surface area contributed by atoms with Crippen LogP contribution in [-0.4, -0.2) is 59.9 Å². The predicted molar refractivity (Wildman–Crippen MR) is 110 cm³/mol. The minimum Gasteiger partial charge on any atom is -0.478 e. The van der Waals surface area contributed by atoms with E-state index in [0.29, 0.717) is 17.7 Å². The number of halogens is 4. The number of carbonyl (C=O) groups is 1. The lowest BCUT2D eigenvalue weighted by molar-refractivity contribution is -0.190. The number of methoxy groups -OCH3 is 1. The van der Waals surface area contributed by atoms with E-state index >= 15 is 4.39 Å². The summed E-state index contributed by atoms with van der Waals surface area (Å²) < 4.78 is 65.8. The van der Waals surface area contributed by atoms with Crippen molar-refractivity contribution in [2.75, 3.05) is 12.4 Å². The first-order chi connectivity index (χ1) is 16.5. The summed E-state index contributed by atoms with van der Waals surface area (Å²) in [7, 11) is 1.24. The summed E-state index contributed by atoms with van der Waals surface area (Å²) in [5.74, 6) is -4.39. The van der Waals surface area contributed by atoms with E-state index in [4.69, 9.17) is 9.47 Å². The molecule has 1 atom stereocenters. The summed E-state index contributed by atoms with van der Waals surface area (Å²) in [6.45, 7) is 1.61. The summed E-state index contributed by atoms with van der Waals surface area (Å²) in [6.07, 6.45) is -6.10. The van der Waals surface area contributed by atoms with Gasteiger partial charge in [0.2, 0.25) is 5.88 Å². The fourth-order valence-corrected chi connectivity index (χ4v) is 2.86. The Morgan fingerprint density at radius 1 is 1.31 bits per heavy atom. The van der Waals surface area contributed by atoms with Crippen molar-refractivity contribution in [2.24, 2.45) is 0 Å². The summed E-state index contributed by atoms with van der Waals surface area (Å²) in [5, 5.41) is 22.7. The van der Waals surface area contributed by atoms with E-state index in [1.54, 1.807) is 6.92 Å². The van der Waals surface area contributed by atoms with Crippen molar-refractivity contribution in [1.29, 1.82) is 0 Å². The molecule has 3 heterocycles. The van der Waals surface area contributed by atoms with Gasteiger partial charge in [0.1, 0.15) is 17.9 Å². The first-order valence-corrected chi connectivity index (χ1v) is 9.92. The van der Waals surface area contributed by atoms with Gasteiger partial charge in [0, 0.05) is 6.54 Å². The third kappa shape index (κ3) is 5.21. The highest BCUT2D eigenvalue weighted by Gasteiger charge is 2.39. The molecular formula is C19H19F4N7O5. The topological polar surface area (TPSA) is 146 Å². The number of hydrogen-bond donors (Lipinski definition) is 2. The molecule has 0 saturated heterocycles. The standard InChI is InChI=1S/C19H19F4N7O5/c1-4-29-13(8-31)28-30(18(29)33)14-11(20)7-10(16(26-14)35-9(2)19(21,22)23)15(32)25-12-5-6-24-27-17(12)34-3/h5-7,9,31H,4,8H2,1-3H3,(H,24,25,32). The van der Waals surface area contributed by atoms with Crippen LogP contribution in [0, 0.1) is 5.82 Å². The second kappa shape index (κ2) is 10.0. The number of amides is 1. The molecule has 0 aliphatic rings. The number of anilines is 1. The fourth-order valence-electron chi connectivity index (χ4n) is 2.86. The van der Waals surface area contributed by atoms with E-state index in [2.05, 4.69) is 25.6 Å². The lowest BCUT2D eigenvalue weighted by Crippen LogP contribution is -2.33. The molecule has 3 rings (SSSR count). The number of ether oxygens (including phenoxy) is 2. The van der Waals surface area contributed by atoms with Gasteiger partial charge in [0.15, 0.2) is 23.6 Å².